The highest BCUT2D eigenvalue weighted by atomic mass is 19.1. The lowest BCUT2D eigenvalue weighted by Gasteiger charge is -2.18. The third kappa shape index (κ3) is 3.10. The van der Waals surface area contributed by atoms with Crippen molar-refractivity contribution in [3.8, 4) is 17.6 Å². The second kappa shape index (κ2) is 5.53. The third-order valence-electron chi connectivity index (χ3n) is 2.50. The molecule has 0 N–H and O–H groups in total. The van der Waals surface area contributed by atoms with Gasteiger partial charge in [0.15, 0.2) is 11.5 Å². The highest BCUT2D eigenvalue weighted by Crippen LogP contribution is 2.33. The van der Waals surface area contributed by atoms with E-state index in [2.05, 4.69) is 6.07 Å². The zero-order valence-electron chi connectivity index (χ0n) is 10.3. The Morgan fingerprint density at radius 1 is 1.35 bits per heavy atom. The van der Waals surface area contributed by atoms with Crippen molar-refractivity contribution in [2.75, 3.05) is 20.4 Å². The normalized spacial score (nSPS) is 10.8. The number of nitrogens with zero attached hydrogens (tertiary/aromatic N) is 1. The minimum atomic E-state index is -0.611. The van der Waals surface area contributed by atoms with Crippen molar-refractivity contribution < 1.29 is 13.9 Å². The zero-order valence-corrected chi connectivity index (χ0v) is 10.3. The number of hydrogen-bond donors (Lipinski definition) is 0. The van der Waals surface area contributed by atoms with Gasteiger partial charge in [-0.1, -0.05) is 6.07 Å². The smallest absolute Gasteiger partial charge is 0.161 e. The quantitative estimate of drug-likeness (QED) is 0.790. The van der Waals surface area contributed by atoms with E-state index < -0.39 is 12.1 Å². The van der Waals surface area contributed by atoms with Crippen molar-refractivity contribution in [3.05, 3.63) is 23.8 Å². The van der Waals surface area contributed by atoms with Crippen LogP contribution in [0.3, 0.4) is 0 Å². The van der Waals surface area contributed by atoms with Gasteiger partial charge in [0.1, 0.15) is 13.3 Å². The molecule has 0 atom stereocenters. The molecule has 0 saturated heterocycles. The van der Waals surface area contributed by atoms with E-state index in [0.29, 0.717) is 11.5 Å². The molecule has 0 amide bonds. The van der Waals surface area contributed by atoms with E-state index >= 15 is 0 Å². The second-order valence-corrected chi connectivity index (χ2v) is 4.14. The fourth-order valence-corrected chi connectivity index (χ4v) is 1.39. The fourth-order valence-electron chi connectivity index (χ4n) is 1.39. The van der Waals surface area contributed by atoms with Crippen molar-refractivity contribution in [1.82, 2.24) is 0 Å². The van der Waals surface area contributed by atoms with Crippen molar-refractivity contribution in [2.45, 2.75) is 19.3 Å². The Morgan fingerprint density at radius 3 is 2.59 bits per heavy atom. The number of halogens is 1. The summed E-state index contributed by atoms with van der Waals surface area (Å²) in [6.07, 6.45) is 0. The lowest BCUT2D eigenvalue weighted by Crippen LogP contribution is -2.14. The number of alkyl halides is 1. The van der Waals surface area contributed by atoms with Crippen LogP contribution in [0.5, 0.6) is 11.5 Å². The highest BCUT2D eigenvalue weighted by molar-refractivity contribution is 5.46. The van der Waals surface area contributed by atoms with E-state index in [4.69, 9.17) is 14.7 Å². The maximum absolute atomic E-state index is 12.1. The molecule has 1 rings (SSSR count). The van der Waals surface area contributed by atoms with Crippen LogP contribution < -0.4 is 9.47 Å². The second-order valence-electron chi connectivity index (χ2n) is 4.14. The molecule has 0 aliphatic rings. The van der Waals surface area contributed by atoms with Gasteiger partial charge in [-0.2, -0.15) is 5.26 Å². The largest absolute Gasteiger partial charge is 0.493 e. The summed E-state index contributed by atoms with van der Waals surface area (Å²) >= 11 is 0. The average Bonchev–Trinajstić information content (AvgIpc) is 2.35. The predicted molar refractivity (Wildman–Crippen MR) is 63.1 cm³/mol. The predicted octanol–water partition coefficient (Wildman–Crippen LogP) is 2.84. The summed E-state index contributed by atoms with van der Waals surface area (Å²) in [5, 5.41) is 9.06. The molecule has 0 saturated carbocycles. The molecule has 0 unspecified atom stereocenters. The van der Waals surface area contributed by atoms with Gasteiger partial charge in [-0.3, -0.25) is 0 Å². The van der Waals surface area contributed by atoms with Gasteiger partial charge in [0.25, 0.3) is 0 Å². The average molecular weight is 237 g/mol. The molecule has 1 aromatic carbocycles. The first-order chi connectivity index (χ1) is 8.05. The molecule has 92 valence electrons. The van der Waals surface area contributed by atoms with Crippen LogP contribution in [0, 0.1) is 11.3 Å². The SMILES string of the molecule is COc1ccc(C(C)(C)C#N)cc1OCCF. The van der Waals surface area contributed by atoms with Crippen molar-refractivity contribution in [3.63, 3.8) is 0 Å². The van der Waals surface area contributed by atoms with Crippen LogP contribution in [0.25, 0.3) is 0 Å². The summed E-state index contributed by atoms with van der Waals surface area (Å²) < 4.78 is 22.5. The van der Waals surface area contributed by atoms with E-state index in [9.17, 15) is 4.39 Å². The molecule has 0 aliphatic carbocycles. The maximum Gasteiger partial charge on any atom is 0.161 e. The summed E-state index contributed by atoms with van der Waals surface area (Å²) in [6.45, 7) is 3.04. The van der Waals surface area contributed by atoms with Crippen LogP contribution in [0.4, 0.5) is 4.39 Å². The first kappa shape index (κ1) is 13.3. The Hall–Kier alpha value is -1.76. The minimum Gasteiger partial charge on any atom is -0.493 e. The number of methoxy groups -OCH3 is 1. The molecule has 0 aromatic heterocycles. The Labute approximate surface area is 101 Å². The number of nitriles is 1. The van der Waals surface area contributed by atoms with Crippen LogP contribution >= 0.6 is 0 Å². The van der Waals surface area contributed by atoms with Gasteiger partial charge in [0, 0.05) is 0 Å². The van der Waals surface area contributed by atoms with Gasteiger partial charge in [-0.25, -0.2) is 4.39 Å². The van der Waals surface area contributed by atoms with Gasteiger partial charge in [0.05, 0.1) is 18.6 Å². The third-order valence-corrected chi connectivity index (χ3v) is 2.50. The van der Waals surface area contributed by atoms with Crippen molar-refractivity contribution in [2.24, 2.45) is 0 Å². The maximum atomic E-state index is 12.1. The molecule has 0 radical (unpaired) electrons. The molecular formula is C13H16FNO2. The van der Waals surface area contributed by atoms with Gasteiger partial charge in [0.2, 0.25) is 0 Å². The number of ether oxygens (including phenoxy) is 2. The summed E-state index contributed by atoms with van der Waals surface area (Å²) in [5.41, 5.74) is 0.203. The van der Waals surface area contributed by atoms with Gasteiger partial charge in [-0.15, -0.1) is 0 Å². The Bertz CT molecular complexity index is 424. The fraction of sp³-hybridized carbons (Fsp3) is 0.462. The van der Waals surface area contributed by atoms with Crippen LogP contribution in [0.2, 0.25) is 0 Å². The molecule has 1 aromatic rings. The summed E-state index contributed by atoms with van der Waals surface area (Å²) in [5.74, 6) is 1.00. The molecule has 3 nitrogen and oxygen atoms in total. The zero-order chi connectivity index (χ0) is 12.9. The van der Waals surface area contributed by atoms with E-state index in [1.165, 1.54) is 7.11 Å². The van der Waals surface area contributed by atoms with Crippen LogP contribution in [0.1, 0.15) is 19.4 Å². The van der Waals surface area contributed by atoms with Gasteiger partial charge in [-0.05, 0) is 31.5 Å². The lowest BCUT2D eigenvalue weighted by atomic mass is 9.86. The van der Waals surface area contributed by atoms with Crippen LogP contribution in [0.15, 0.2) is 18.2 Å². The molecular weight excluding hydrogens is 221 g/mol. The van der Waals surface area contributed by atoms with E-state index in [-0.39, 0.29) is 6.61 Å². The lowest BCUT2D eigenvalue weighted by molar-refractivity contribution is 0.259. The number of hydrogen-bond acceptors (Lipinski definition) is 3. The summed E-state index contributed by atoms with van der Waals surface area (Å²) in [7, 11) is 1.52. The summed E-state index contributed by atoms with van der Waals surface area (Å²) in [4.78, 5) is 0. The van der Waals surface area contributed by atoms with Gasteiger partial charge >= 0.3 is 0 Å². The van der Waals surface area contributed by atoms with Crippen molar-refractivity contribution >= 4 is 0 Å². The topological polar surface area (TPSA) is 42.2 Å². The van der Waals surface area contributed by atoms with E-state index in [0.717, 1.165) is 5.56 Å². The van der Waals surface area contributed by atoms with Crippen LogP contribution in [-0.4, -0.2) is 20.4 Å². The first-order valence-corrected chi connectivity index (χ1v) is 5.33. The first-order valence-electron chi connectivity index (χ1n) is 5.33. The molecule has 0 aliphatic heterocycles. The minimum absolute atomic E-state index is 0.0210. The standard InChI is InChI=1S/C13H16FNO2/c1-13(2,9-15)10-4-5-11(16-3)12(8-10)17-7-6-14/h4-5,8H,6-7H2,1-3H3. The van der Waals surface area contributed by atoms with E-state index in [1.54, 1.807) is 12.1 Å². The highest BCUT2D eigenvalue weighted by Gasteiger charge is 2.21. The molecule has 0 fully saturated rings. The van der Waals surface area contributed by atoms with Gasteiger partial charge < -0.3 is 9.47 Å². The Balaban J connectivity index is 3.09. The van der Waals surface area contributed by atoms with Crippen molar-refractivity contribution in [1.29, 1.82) is 5.26 Å². The Kier molecular flexibility index (Phi) is 4.33. The van der Waals surface area contributed by atoms with E-state index in [1.807, 2.05) is 19.9 Å². The molecule has 0 bridgehead atoms. The summed E-state index contributed by atoms with van der Waals surface area (Å²) in [6, 6.07) is 7.46. The molecule has 0 spiro atoms. The number of benzene rings is 1. The Morgan fingerprint density at radius 2 is 2.06 bits per heavy atom. The molecule has 0 heterocycles. The molecule has 17 heavy (non-hydrogen) atoms. The molecule has 4 heteroatoms. The number of rotatable bonds is 5. The monoisotopic (exact) mass is 237 g/mol. The van der Waals surface area contributed by atoms with Crippen LogP contribution in [-0.2, 0) is 5.41 Å².